The van der Waals surface area contributed by atoms with Crippen molar-refractivity contribution in [3.05, 3.63) is 29.8 Å². The molecule has 0 aromatic carbocycles. The number of nitrogens with two attached hydrogens (primary N) is 1. The molecule has 0 spiro atoms. The van der Waals surface area contributed by atoms with Gasteiger partial charge in [0, 0.05) is 23.1 Å². The number of rotatable bonds is 5. The lowest BCUT2D eigenvalue weighted by atomic mass is 10.3. The predicted molar refractivity (Wildman–Crippen MR) is 79.6 cm³/mol. The van der Waals surface area contributed by atoms with Gasteiger partial charge in [-0.25, -0.2) is 0 Å². The van der Waals surface area contributed by atoms with Gasteiger partial charge in [0.2, 0.25) is 0 Å². The number of hydrogen-bond donors (Lipinski definition) is 2. The molecule has 0 unspecified atom stereocenters. The average Bonchev–Trinajstić information content (AvgIpc) is 3.39. The Hall–Kier alpha value is -1.89. The molecule has 0 aliphatic heterocycles. The summed E-state index contributed by atoms with van der Waals surface area (Å²) in [6.45, 7) is 0. The maximum absolute atomic E-state index is 7.47. The van der Waals surface area contributed by atoms with Gasteiger partial charge in [0.1, 0.15) is 17.4 Å². The van der Waals surface area contributed by atoms with E-state index in [4.69, 9.17) is 11.1 Å². The van der Waals surface area contributed by atoms with E-state index in [1.54, 1.807) is 18.0 Å². The molecule has 2 fully saturated rings. The van der Waals surface area contributed by atoms with Gasteiger partial charge in [0.05, 0.1) is 0 Å². The van der Waals surface area contributed by atoms with Crippen molar-refractivity contribution in [1.82, 2.24) is 19.7 Å². The Labute approximate surface area is 126 Å². The molecule has 0 saturated heterocycles. The molecule has 2 aliphatic rings. The lowest BCUT2D eigenvalue weighted by Gasteiger charge is -2.08. The van der Waals surface area contributed by atoms with Crippen molar-refractivity contribution in [1.29, 1.82) is 5.41 Å². The minimum absolute atomic E-state index is 0.0141. The smallest absolute Gasteiger partial charge is 0.196 e. The molecule has 0 amide bonds. The summed E-state index contributed by atoms with van der Waals surface area (Å²) in [5, 5.41) is 17.2. The third-order valence-corrected chi connectivity index (χ3v) is 4.71. The van der Waals surface area contributed by atoms with Crippen LogP contribution in [0.5, 0.6) is 0 Å². The average molecular weight is 300 g/mol. The third kappa shape index (κ3) is 2.53. The highest BCUT2D eigenvalue weighted by Gasteiger charge is 2.36. The molecule has 6 nitrogen and oxygen atoms in total. The molecule has 108 valence electrons. The third-order valence-electron chi connectivity index (χ3n) is 3.76. The summed E-state index contributed by atoms with van der Waals surface area (Å²) in [6, 6.07) is 4.32. The van der Waals surface area contributed by atoms with E-state index in [1.165, 1.54) is 25.7 Å². The Morgan fingerprint density at radius 3 is 2.76 bits per heavy atom. The van der Waals surface area contributed by atoms with Gasteiger partial charge < -0.3 is 10.3 Å². The second kappa shape index (κ2) is 4.84. The lowest BCUT2D eigenvalue weighted by molar-refractivity contribution is 0.627. The van der Waals surface area contributed by atoms with Crippen molar-refractivity contribution < 1.29 is 0 Å². The van der Waals surface area contributed by atoms with E-state index in [9.17, 15) is 0 Å². The van der Waals surface area contributed by atoms with E-state index in [2.05, 4.69) is 19.7 Å². The van der Waals surface area contributed by atoms with E-state index < -0.39 is 0 Å². The van der Waals surface area contributed by atoms with E-state index in [0.717, 1.165) is 15.9 Å². The van der Waals surface area contributed by atoms with Gasteiger partial charge in [-0.15, -0.1) is 10.2 Å². The van der Waals surface area contributed by atoms with Gasteiger partial charge in [0.25, 0.3) is 0 Å². The largest absolute Gasteiger partial charge is 0.382 e. The first-order valence-electron chi connectivity index (χ1n) is 7.15. The molecular weight excluding hydrogens is 284 g/mol. The van der Waals surface area contributed by atoms with Gasteiger partial charge in [-0.2, -0.15) is 0 Å². The Bertz CT molecular complexity index is 701. The van der Waals surface area contributed by atoms with Crippen molar-refractivity contribution in [3.8, 4) is 0 Å². The molecule has 0 atom stereocenters. The minimum Gasteiger partial charge on any atom is -0.382 e. The zero-order valence-electron chi connectivity index (χ0n) is 11.5. The van der Waals surface area contributed by atoms with Crippen LogP contribution in [0.4, 0.5) is 0 Å². The van der Waals surface area contributed by atoms with Crippen LogP contribution in [0, 0.1) is 5.41 Å². The second-order valence-corrected chi connectivity index (χ2v) is 6.65. The highest BCUT2D eigenvalue weighted by atomic mass is 32.2. The van der Waals surface area contributed by atoms with E-state index in [-0.39, 0.29) is 5.84 Å². The van der Waals surface area contributed by atoms with Crippen molar-refractivity contribution in [3.63, 3.8) is 0 Å². The van der Waals surface area contributed by atoms with Crippen LogP contribution in [0.15, 0.2) is 28.4 Å². The van der Waals surface area contributed by atoms with Crippen molar-refractivity contribution >= 4 is 17.6 Å². The van der Waals surface area contributed by atoms with Crippen LogP contribution in [-0.4, -0.2) is 25.6 Å². The summed E-state index contributed by atoms with van der Waals surface area (Å²) in [5.41, 5.74) is 5.99. The fourth-order valence-electron chi connectivity index (χ4n) is 2.38. The Balaban J connectivity index is 1.65. The SMILES string of the molecule is N=C(N)c1cc(Sc2nnc(C3CC3)n2C2CC2)ccn1. The second-order valence-electron chi connectivity index (χ2n) is 5.61. The maximum Gasteiger partial charge on any atom is 0.196 e. The number of nitrogens with one attached hydrogen (secondary N) is 1. The maximum atomic E-state index is 7.47. The van der Waals surface area contributed by atoms with Gasteiger partial charge in [-0.05, 0) is 49.6 Å². The minimum atomic E-state index is -0.0141. The van der Waals surface area contributed by atoms with E-state index >= 15 is 0 Å². The number of nitrogens with zero attached hydrogens (tertiary/aromatic N) is 4. The first-order chi connectivity index (χ1) is 10.2. The normalized spacial score (nSPS) is 17.9. The van der Waals surface area contributed by atoms with Crippen molar-refractivity contribution in [2.75, 3.05) is 0 Å². The molecule has 4 rings (SSSR count). The summed E-state index contributed by atoms with van der Waals surface area (Å²) >= 11 is 1.58. The summed E-state index contributed by atoms with van der Waals surface area (Å²) in [5.74, 6) is 1.75. The van der Waals surface area contributed by atoms with Crippen molar-refractivity contribution in [2.24, 2.45) is 5.73 Å². The first kappa shape index (κ1) is 12.8. The van der Waals surface area contributed by atoms with Crippen LogP contribution in [0.1, 0.15) is 49.2 Å². The molecule has 21 heavy (non-hydrogen) atoms. The quantitative estimate of drug-likeness (QED) is 0.653. The van der Waals surface area contributed by atoms with Gasteiger partial charge in [-0.3, -0.25) is 10.4 Å². The van der Waals surface area contributed by atoms with Crippen LogP contribution in [0.25, 0.3) is 0 Å². The Morgan fingerprint density at radius 2 is 2.10 bits per heavy atom. The van der Waals surface area contributed by atoms with Crippen LogP contribution < -0.4 is 5.73 Å². The molecule has 2 aliphatic carbocycles. The van der Waals surface area contributed by atoms with Crippen LogP contribution in [-0.2, 0) is 0 Å². The molecule has 2 aromatic rings. The van der Waals surface area contributed by atoms with Gasteiger partial charge >= 0.3 is 0 Å². The topological polar surface area (TPSA) is 93.5 Å². The molecule has 2 saturated carbocycles. The number of amidine groups is 1. The fourth-order valence-corrected chi connectivity index (χ4v) is 3.31. The van der Waals surface area contributed by atoms with E-state index in [0.29, 0.717) is 17.7 Å². The van der Waals surface area contributed by atoms with Crippen LogP contribution in [0.2, 0.25) is 0 Å². The Morgan fingerprint density at radius 1 is 1.29 bits per heavy atom. The first-order valence-corrected chi connectivity index (χ1v) is 7.97. The van der Waals surface area contributed by atoms with Gasteiger partial charge in [-0.1, -0.05) is 0 Å². The number of nitrogen functional groups attached to an aromatic ring is 1. The number of hydrogen-bond acceptors (Lipinski definition) is 5. The molecule has 2 heterocycles. The fraction of sp³-hybridized carbons (Fsp3) is 0.429. The zero-order chi connectivity index (χ0) is 14.4. The van der Waals surface area contributed by atoms with Crippen LogP contribution >= 0.6 is 11.8 Å². The molecule has 0 radical (unpaired) electrons. The molecule has 3 N–H and O–H groups in total. The standard InChI is InChI=1S/C14H16N6S/c15-12(16)11-7-10(5-6-17-11)21-14-19-18-13(8-1-2-8)20(14)9-3-4-9/h5-9H,1-4H2,(H3,15,16). The molecule has 0 bridgehead atoms. The summed E-state index contributed by atoms with van der Waals surface area (Å²) in [4.78, 5) is 5.08. The number of pyridine rings is 1. The summed E-state index contributed by atoms with van der Waals surface area (Å²) in [7, 11) is 0. The summed E-state index contributed by atoms with van der Waals surface area (Å²) in [6.07, 6.45) is 6.60. The number of aromatic nitrogens is 4. The highest BCUT2D eigenvalue weighted by molar-refractivity contribution is 7.99. The van der Waals surface area contributed by atoms with Crippen LogP contribution in [0.3, 0.4) is 0 Å². The predicted octanol–water partition coefficient (Wildman–Crippen LogP) is 2.32. The van der Waals surface area contributed by atoms with Gasteiger partial charge in [0.15, 0.2) is 5.16 Å². The highest BCUT2D eigenvalue weighted by Crippen LogP contribution is 2.46. The van der Waals surface area contributed by atoms with E-state index in [1.807, 2.05) is 12.1 Å². The lowest BCUT2D eigenvalue weighted by Crippen LogP contribution is -2.12. The molecule has 7 heteroatoms. The molecule has 2 aromatic heterocycles. The Kier molecular flexibility index (Phi) is 2.95. The molecular formula is C14H16N6S. The summed E-state index contributed by atoms with van der Waals surface area (Å²) < 4.78 is 2.32. The monoisotopic (exact) mass is 300 g/mol. The zero-order valence-corrected chi connectivity index (χ0v) is 12.3. The van der Waals surface area contributed by atoms with Crippen molar-refractivity contribution in [2.45, 2.75) is 47.7 Å².